The van der Waals surface area contributed by atoms with E-state index in [1.54, 1.807) is 42.5 Å². The molecule has 1 amide bonds. The van der Waals surface area contributed by atoms with Crippen LogP contribution < -0.4 is 10.2 Å². The average molecular weight is 545 g/mol. The Balaban J connectivity index is 1.55. The van der Waals surface area contributed by atoms with Crippen molar-refractivity contribution < 1.29 is 14.4 Å². The van der Waals surface area contributed by atoms with Gasteiger partial charge >= 0.3 is 0 Å². The van der Waals surface area contributed by atoms with Gasteiger partial charge in [-0.15, -0.1) is 0 Å². The van der Waals surface area contributed by atoms with E-state index in [0.717, 1.165) is 16.8 Å². The molecular weight excluding hydrogens is 520 g/mol. The number of ketones is 2. The van der Waals surface area contributed by atoms with Gasteiger partial charge in [0.05, 0.1) is 12.0 Å². The van der Waals surface area contributed by atoms with Gasteiger partial charge < -0.3 is 10.2 Å². The number of halogens is 1. The van der Waals surface area contributed by atoms with Crippen LogP contribution in [0, 0.1) is 12.8 Å². The third-order valence-electron chi connectivity index (χ3n) is 8.54. The van der Waals surface area contributed by atoms with E-state index in [9.17, 15) is 14.4 Å². The number of fused-ring (bicyclic) bond motifs is 6. The number of para-hydroxylation sites is 1. The number of hydrogen-bond acceptors (Lipinski definition) is 4. The lowest BCUT2D eigenvalue weighted by atomic mass is 9.64. The van der Waals surface area contributed by atoms with Crippen LogP contribution in [0.2, 0.25) is 5.02 Å². The van der Waals surface area contributed by atoms with E-state index in [2.05, 4.69) is 5.32 Å². The first-order chi connectivity index (χ1) is 19.4. The maximum absolute atomic E-state index is 14.7. The molecule has 1 saturated heterocycles. The summed E-state index contributed by atoms with van der Waals surface area (Å²) in [6.07, 6.45) is 3.95. The lowest BCUT2D eigenvalue weighted by Crippen LogP contribution is -2.51. The normalized spacial score (nSPS) is 23.9. The van der Waals surface area contributed by atoms with Crippen molar-refractivity contribution in [2.75, 3.05) is 10.2 Å². The highest BCUT2D eigenvalue weighted by atomic mass is 35.5. The van der Waals surface area contributed by atoms with Crippen LogP contribution in [0.1, 0.15) is 37.4 Å². The summed E-state index contributed by atoms with van der Waals surface area (Å²) in [5.41, 5.74) is 3.55. The zero-order chi connectivity index (χ0) is 27.6. The molecular formula is C34H25ClN2O3. The first kappa shape index (κ1) is 24.6. The SMILES string of the molecule is Cc1ccc(C(=O)[C@H]2[C@H](C(=O)c3ccccc3)N3c4ccccc4C=CC3[C@]23C(=O)Nc2ccc(Cl)cc23)cc1. The molecule has 1 spiro atoms. The highest BCUT2D eigenvalue weighted by Gasteiger charge is 2.70. The van der Waals surface area contributed by atoms with Crippen molar-refractivity contribution in [2.24, 2.45) is 5.92 Å². The summed E-state index contributed by atoms with van der Waals surface area (Å²) >= 11 is 6.52. The van der Waals surface area contributed by atoms with Gasteiger partial charge in [0, 0.05) is 27.5 Å². The molecule has 5 nitrogen and oxygen atoms in total. The standard InChI is InChI=1S/C34H25ClN2O3/c1-20-11-13-23(14-12-20)31(38)29-30(32(39)22-8-3-2-4-9-22)37-27-10-6-5-7-21(27)15-18-28(37)34(29)25-19-24(35)16-17-26(25)36-33(34)40/h2-19,28-30H,1H3,(H,36,40)/t28?,29-,30-,34+/m1/s1. The Morgan fingerprint density at radius 3 is 2.33 bits per heavy atom. The van der Waals surface area contributed by atoms with Gasteiger partial charge in [-0.25, -0.2) is 0 Å². The molecule has 0 saturated carbocycles. The number of nitrogens with zero attached hydrogens (tertiary/aromatic N) is 1. The number of benzene rings is 4. The molecule has 4 atom stereocenters. The molecule has 0 radical (unpaired) electrons. The molecule has 0 aromatic heterocycles. The fourth-order valence-corrected chi connectivity index (χ4v) is 6.98. The van der Waals surface area contributed by atoms with Crippen LogP contribution >= 0.6 is 11.6 Å². The number of carbonyl (C=O) groups excluding carboxylic acids is 3. The van der Waals surface area contributed by atoms with Crippen molar-refractivity contribution in [3.05, 3.63) is 136 Å². The second kappa shape index (κ2) is 9.04. The molecule has 0 bridgehead atoms. The van der Waals surface area contributed by atoms with Crippen molar-refractivity contribution >= 4 is 46.5 Å². The molecule has 7 rings (SSSR count). The van der Waals surface area contributed by atoms with E-state index in [-0.39, 0.29) is 17.5 Å². The first-order valence-corrected chi connectivity index (χ1v) is 13.7. The molecule has 0 aliphatic carbocycles. The smallest absolute Gasteiger partial charge is 0.238 e. The molecule has 3 aliphatic rings. The van der Waals surface area contributed by atoms with Crippen molar-refractivity contribution in [1.82, 2.24) is 0 Å². The van der Waals surface area contributed by atoms with Gasteiger partial charge in [-0.2, -0.15) is 0 Å². The Morgan fingerprint density at radius 1 is 0.850 bits per heavy atom. The number of hydrogen-bond donors (Lipinski definition) is 1. The zero-order valence-corrected chi connectivity index (χ0v) is 22.4. The third kappa shape index (κ3) is 3.37. The Morgan fingerprint density at radius 2 is 1.55 bits per heavy atom. The zero-order valence-electron chi connectivity index (χ0n) is 21.7. The summed E-state index contributed by atoms with van der Waals surface area (Å²) < 4.78 is 0. The van der Waals surface area contributed by atoms with Gasteiger partial charge in [0.15, 0.2) is 11.6 Å². The van der Waals surface area contributed by atoms with Crippen molar-refractivity contribution in [3.8, 4) is 0 Å². The number of rotatable bonds is 4. The number of anilines is 2. The van der Waals surface area contributed by atoms with Crippen LogP contribution in [0.15, 0.2) is 103 Å². The quantitative estimate of drug-likeness (QED) is 0.298. The summed E-state index contributed by atoms with van der Waals surface area (Å²) in [5.74, 6) is -1.79. The lowest BCUT2D eigenvalue weighted by molar-refractivity contribution is -0.121. The van der Waals surface area contributed by atoms with E-state index in [4.69, 9.17) is 11.6 Å². The molecule has 4 aromatic carbocycles. The number of amides is 1. The molecule has 3 aliphatic heterocycles. The van der Waals surface area contributed by atoms with Crippen LogP contribution in [-0.2, 0) is 10.2 Å². The van der Waals surface area contributed by atoms with E-state index in [1.165, 1.54) is 0 Å². The van der Waals surface area contributed by atoms with Crippen molar-refractivity contribution in [1.29, 1.82) is 0 Å². The number of Topliss-reactive ketones (excluding diaryl/α,β-unsaturated/α-hetero) is 2. The van der Waals surface area contributed by atoms with E-state index in [0.29, 0.717) is 27.4 Å². The predicted octanol–water partition coefficient (Wildman–Crippen LogP) is 6.50. The van der Waals surface area contributed by atoms with E-state index >= 15 is 0 Å². The van der Waals surface area contributed by atoms with E-state index in [1.807, 2.05) is 78.6 Å². The van der Waals surface area contributed by atoms with Gasteiger partial charge in [0.25, 0.3) is 0 Å². The maximum Gasteiger partial charge on any atom is 0.238 e. The van der Waals surface area contributed by atoms with Gasteiger partial charge in [-0.05, 0) is 42.3 Å². The van der Waals surface area contributed by atoms with Crippen LogP contribution in [-0.4, -0.2) is 29.6 Å². The minimum absolute atomic E-state index is 0.207. The van der Waals surface area contributed by atoms with Crippen molar-refractivity contribution in [2.45, 2.75) is 24.4 Å². The Hall–Kier alpha value is -4.48. The van der Waals surface area contributed by atoms with Crippen LogP contribution in [0.5, 0.6) is 0 Å². The van der Waals surface area contributed by atoms with Gasteiger partial charge in [-0.3, -0.25) is 14.4 Å². The summed E-state index contributed by atoms with van der Waals surface area (Å²) in [6.45, 7) is 1.96. The summed E-state index contributed by atoms with van der Waals surface area (Å²) in [7, 11) is 0. The summed E-state index contributed by atoms with van der Waals surface area (Å²) in [5, 5.41) is 3.50. The second-order valence-electron chi connectivity index (χ2n) is 10.7. The Bertz CT molecular complexity index is 1730. The lowest BCUT2D eigenvalue weighted by Gasteiger charge is -2.37. The number of aryl methyl sites for hydroxylation is 1. The first-order valence-electron chi connectivity index (χ1n) is 13.3. The molecule has 40 heavy (non-hydrogen) atoms. The third-order valence-corrected chi connectivity index (χ3v) is 8.78. The largest absolute Gasteiger partial charge is 0.352 e. The summed E-state index contributed by atoms with van der Waals surface area (Å²) in [6, 6.07) is 27.8. The number of nitrogens with one attached hydrogen (secondary N) is 1. The topological polar surface area (TPSA) is 66.5 Å². The van der Waals surface area contributed by atoms with Gasteiger partial charge in [0.2, 0.25) is 5.91 Å². The van der Waals surface area contributed by atoms with Gasteiger partial charge in [0.1, 0.15) is 11.5 Å². The average Bonchev–Trinajstić information content (AvgIpc) is 3.45. The molecule has 4 aromatic rings. The fraction of sp³-hybridized carbons (Fsp3) is 0.147. The molecule has 1 fully saturated rings. The maximum atomic E-state index is 14.7. The second-order valence-corrected chi connectivity index (χ2v) is 11.1. The fourth-order valence-electron chi connectivity index (χ4n) is 6.81. The van der Waals surface area contributed by atoms with Crippen LogP contribution in [0.3, 0.4) is 0 Å². The summed E-state index contributed by atoms with van der Waals surface area (Å²) in [4.78, 5) is 45.7. The molecule has 196 valence electrons. The molecule has 1 unspecified atom stereocenters. The predicted molar refractivity (Wildman–Crippen MR) is 157 cm³/mol. The van der Waals surface area contributed by atoms with Crippen molar-refractivity contribution in [3.63, 3.8) is 0 Å². The monoisotopic (exact) mass is 544 g/mol. The minimum atomic E-state index is -1.39. The highest BCUT2D eigenvalue weighted by molar-refractivity contribution is 6.31. The minimum Gasteiger partial charge on any atom is -0.352 e. The van der Waals surface area contributed by atoms with Crippen LogP contribution in [0.25, 0.3) is 6.08 Å². The Labute approximate surface area is 237 Å². The molecule has 3 heterocycles. The van der Waals surface area contributed by atoms with Gasteiger partial charge in [-0.1, -0.05) is 102 Å². The number of carbonyl (C=O) groups is 3. The Kier molecular flexibility index (Phi) is 5.55. The molecule has 1 N–H and O–H groups in total. The van der Waals surface area contributed by atoms with E-state index < -0.39 is 23.4 Å². The highest BCUT2D eigenvalue weighted by Crippen LogP contribution is 2.58. The van der Waals surface area contributed by atoms with Crippen LogP contribution in [0.4, 0.5) is 11.4 Å². The molecule has 6 heteroatoms.